The third kappa shape index (κ3) is 2.10. The molecule has 1 fully saturated rings. The topological polar surface area (TPSA) is 77.8 Å². The summed E-state index contributed by atoms with van der Waals surface area (Å²) in [6, 6.07) is 4.78. The number of aliphatic hydroxyl groups is 1. The lowest BCUT2D eigenvalue weighted by Gasteiger charge is -2.29. The zero-order valence-electron chi connectivity index (χ0n) is 11.0. The number of aliphatic hydroxyl groups excluding tert-OH is 1. The lowest BCUT2D eigenvalue weighted by atomic mass is 9.75. The molecule has 19 heavy (non-hydrogen) atoms. The number of ketones is 2. The largest absolute Gasteiger partial charge is 0.506 e. The van der Waals surface area contributed by atoms with Gasteiger partial charge in [0.15, 0.2) is 17.7 Å². The molecule has 1 aliphatic carbocycles. The van der Waals surface area contributed by atoms with Crippen LogP contribution in [0.25, 0.3) is 0 Å². The van der Waals surface area contributed by atoms with Gasteiger partial charge in [-0.15, -0.1) is 0 Å². The Bertz CT molecular complexity index is 506. The van der Waals surface area contributed by atoms with E-state index >= 15 is 0 Å². The molecule has 0 atom stereocenters. The van der Waals surface area contributed by atoms with Crippen LogP contribution in [-0.2, 0) is 9.59 Å². The normalized spacial score (nSPS) is 22.3. The summed E-state index contributed by atoms with van der Waals surface area (Å²) in [5.41, 5.74) is 1.11. The Labute approximate surface area is 111 Å². The molecule has 1 saturated carbocycles. The number of anilines is 1. The molecule has 1 aromatic rings. The van der Waals surface area contributed by atoms with Crippen molar-refractivity contribution >= 4 is 17.3 Å². The van der Waals surface area contributed by atoms with E-state index in [4.69, 9.17) is 5.11 Å². The zero-order chi connectivity index (χ0) is 14.2. The van der Waals surface area contributed by atoms with Gasteiger partial charge < -0.3 is 15.1 Å². The second kappa shape index (κ2) is 5.01. The van der Waals surface area contributed by atoms with E-state index in [1.165, 1.54) is 6.07 Å². The first-order chi connectivity index (χ1) is 9.01. The average molecular weight is 263 g/mol. The number of Topliss-reactive ketones (excluding diaryl/α,β-unsaturated/α-hetero) is 2. The number of phenols is 1. The quantitative estimate of drug-likeness (QED) is 0.787. The molecule has 0 bridgehead atoms. The van der Waals surface area contributed by atoms with Gasteiger partial charge in [0.1, 0.15) is 11.7 Å². The molecular weight excluding hydrogens is 246 g/mol. The third-order valence-electron chi connectivity index (χ3n) is 3.54. The molecule has 0 aromatic heterocycles. The van der Waals surface area contributed by atoms with Crippen LogP contribution in [0.3, 0.4) is 0 Å². The van der Waals surface area contributed by atoms with Crippen LogP contribution in [0.5, 0.6) is 5.75 Å². The summed E-state index contributed by atoms with van der Waals surface area (Å²) in [6.45, 7) is 5.46. The van der Waals surface area contributed by atoms with E-state index in [9.17, 15) is 14.7 Å². The summed E-state index contributed by atoms with van der Waals surface area (Å²) in [5, 5.41) is 19.1. The molecule has 5 nitrogen and oxygen atoms in total. The van der Waals surface area contributed by atoms with Crippen molar-refractivity contribution in [1.29, 1.82) is 0 Å². The van der Waals surface area contributed by atoms with Crippen LogP contribution in [0.1, 0.15) is 25.3 Å². The standard InChI is InChI=1S/C14H17NO4/c1-3-15(4-2)9-6-5-8(7-10(9)16)11-12(17)14(19)13(11)18/h5-7,11,14,16,19H,3-4H2,1-2H3. The first-order valence-corrected chi connectivity index (χ1v) is 6.34. The molecule has 0 aliphatic heterocycles. The fourth-order valence-corrected chi connectivity index (χ4v) is 2.38. The van der Waals surface area contributed by atoms with Crippen LogP contribution in [0.15, 0.2) is 18.2 Å². The molecule has 2 rings (SSSR count). The van der Waals surface area contributed by atoms with Gasteiger partial charge >= 0.3 is 0 Å². The number of phenolic OH excluding ortho intramolecular Hbond substituents is 1. The van der Waals surface area contributed by atoms with Crippen molar-refractivity contribution in [2.75, 3.05) is 18.0 Å². The van der Waals surface area contributed by atoms with Gasteiger partial charge in [-0.2, -0.15) is 0 Å². The van der Waals surface area contributed by atoms with Gasteiger partial charge in [-0.1, -0.05) is 6.07 Å². The molecule has 1 aromatic carbocycles. The van der Waals surface area contributed by atoms with Crippen LogP contribution in [0, 0.1) is 0 Å². The molecule has 102 valence electrons. The van der Waals surface area contributed by atoms with Crippen LogP contribution < -0.4 is 4.90 Å². The molecule has 1 aliphatic rings. The second-order valence-electron chi connectivity index (χ2n) is 4.56. The van der Waals surface area contributed by atoms with Crippen molar-refractivity contribution in [1.82, 2.24) is 0 Å². The van der Waals surface area contributed by atoms with Gasteiger partial charge in [-0.25, -0.2) is 0 Å². The van der Waals surface area contributed by atoms with E-state index in [-0.39, 0.29) is 5.75 Å². The number of carbonyl (C=O) groups excluding carboxylic acids is 2. The fraction of sp³-hybridized carbons (Fsp3) is 0.429. The highest BCUT2D eigenvalue weighted by Crippen LogP contribution is 2.35. The monoisotopic (exact) mass is 263 g/mol. The van der Waals surface area contributed by atoms with Crippen LogP contribution in [0.2, 0.25) is 0 Å². The van der Waals surface area contributed by atoms with Crippen molar-refractivity contribution in [3.05, 3.63) is 23.8 Å². The Hall–Kier alpha value is -1.88. The first-order valence-electron chi connectivity index (χ1n) is 6.34. The Morgan fingerprint density at radius 3 is 2.21 bits per heavy atom. The van der Waals surface area contributed by atoms with Gasteiger partial charge in [0.25, 0.3) is 0 Å². The molecule has 2 N–H and O–H groups in total. The highest BCUT2D eigenvalue weighted by atomic mass is 16.3. The zero-order valence-corrected chi connectivity index (χ0v) is 11.0. The van der Waals surface area contributed by atoms with E-state index in [2.05, 4.69) is 0 Å². The van der Waals surface area contributed by atoms with E-state index in [1.807, 2.05) is 18.7 Å². The summed E-state index contributed by atoms with van der Waals surface area (Å²) in [4.78, 5) is 24.9. The van der Waals surface area contributed by atoms with Gasteiger partial charge in [-0.05, 0) is 31.5 Å². The Kier molecular flexibility index (Phi) is 3.57. The van der Waals surface area contributed by atoms with Crippen molar-refractivity contribution < 1.29 is 19.8 Å². The smallest absolute Gasteiger partial charge is 0.183 e. The molecule has 0 heterocycles. The number of carbonyl (C=O) groups is 2. The number of nitrogens with zero attached hydrogens (tertiary/aromatic N) is 1. The van der Waals surface area contributed by atoms with E-state index in [1.54, 1.807) is 12.1 Å². The first kappa shape index (κ1) is 13.5. The van der Waals surface area contributed by atoms with E-state index in [0.29, 0.717) is 11.3 Å². The van der Waals surface area contributed by atoms with E-state index < -0.39 is 23.6 Å². The van der Waals surface area contributed by atoms with Gasteiger partial charge in [0, 0.05) is 13.1 Å². The van der Waals surface area contributed by atoms with Gasteiger partial charge in [0.2, 0.25) is 0 Å². The third-order valence-corrected chi connectivity index (χ3v) is 3.54. The Morgan fingerprint density at radius 1 is 1.16 bits per heavy atom. The maximum Gasteiger partial charge on any atom is 0.183 e. The SMILES string of the molecule is CCN(CC)c1ccc(C2C(=O)C(O)C2=O)cc1O. The van der Waals surface area contributed by atoms with Crippen molar-refractivity contribution in [3.63, 3.8) is 0 Å². The molecule has 0 spiro atoms. The predicted molar refractivity (Wildman–Crippen MR) is 70.4 cm³/mol. The Balaban J connectivity index is 2.30. The number of rotatable bonds is 4. The molecular formula is C14H17NO4. The highest BCUT2D eigenvalue weighted by molar-refractivity contribution is 6.29. The van der Waals surface area contributed by atoms with Crippen LogP contribution in [-0.4, -0.2) is 41.0 Å². The lowest BCUT2D eigenvalue weighted by Crippen LogP contribution is -2.50. The molecule has 0 unspecified atom stereocenters. The maximum atomic E-state index is 11.5. The van der Waals surface area contributed by atoms with Crippen LogP contribution >= 0.6 is 0 Å². The molecule has 0 amide bonds. The van der Waals surface area contributed by atoms with Crippen molar-refractivity contribution in [2.24, 2.45) is 0 Å². The molecule has 5 heteroatoms. The summed E-state index contributed by atoms with van der Waals surface area (Å²) in [6.07, 6.45) is -1.49. The van der Waals surface area contributed by atoms with Crippen LogP contribution in [0.4, 0.5) is 5.69 Å². The lowest BCUT2D eigenvalue weighted by molar-refractivity contribution is -0.152. The summed E-state index contributed by atoms with van der Waals surface area (Å²) < 4.78 is 0. The minimum atomic E-state index is -1.49. The number of hydrogen-bond donors (Lipinski definition) is 2. The van der Waals surface area contributed by atoms with E-state index in [0.717, 1.165) is 13.1 Å². The maximum absolute atomic E-state index is 11.5. The van der Waals surface area contributed by atoms with Crippen molar-refractivity contribution in [2.45, 2.75) is 25.9 Å². The second-order valence-corrected chi connectivity index (χ2v) is 4.56. The summed E-state index contributed by atoms with van der Waals surface area (Å²) in [5.74, 6) is -1.88. The molecule has 0 saturated heterocycles. The number of benzene rings is 1. The number of aromatic hydroxyl groups is 1. The summed E-state index contributed by atoms with van der Waals surface area (Å²) >= 11 is 0. The van der Waals surface area contributed by atoms with Crippen molar-refractivity contribution in [3.8, 4) is 5.75 Å². The highest BCUT2D eigenvalue weighted by Gasteiger charge is 2.48. The minimum absolute atomic E-state index is 0.0446. The minimum Gasteiger partial charge on any atom is -0.506 e. The summed E-state index contributed by atoms with van der Waals surface area (Å²) in [7, 11) is 0. The van der Waals surface area contributed by atoms with Gasteiger partial charge in [-0.3, -0.25) is 9.59 Å². The average Bonchev–Trinajstić information content (AvgIpc) is 2.42. The molecule has 0 radical (unpaired) electrons. The Morgan fingerprint density at radius 2 is 1.74 bits per heavy atom. The number of hydrogen-bond acceptors (Lipinski definition) is 5. The predicted octanol–water partition coefficient (Wildman–Crippen LogP) is 0.835. The van der Waals surface area contributed by atoms with Gasteiger partial charge in [0.05, 0.1) is 5.69 Å². The fourth-order valence-electron chi connectivity index (χ4n) is 2.38.